The van der Waals surface area contributed by atoms with Crippen molar-refractivity contribution in [3.63, 3.8) is 0 Å². The van der Waals surface area contributed by atoms with Crippen LogP contribution in [0.4, 0.5) is 4.39 Å². The number of aliphatic hydroxyl groups excluding tert-OH is 1. The molecule has 2 N–H and O–H groups in total. The molecule has 0 aromatic heterocycles. The van der Waals surface area contributed by atoms with Gasteiger partial charge in [-0.2, -0.15) is 4.31 Å². The third-order valence-corrected chi connectivity index (χ3v) is 6.46. The van der Waals surface area contributed by atoms with Gasteiger partial charge in [0.1, 0.15) is 18.5 Å². The summed E-state index contributed by atoms with van der Waals surface area (Å²) < 4.78 is 39.6. The van der Waals surface area contributed by atoms with Crippen LogP contribution in [0.15, 0.2) is 59.5 Å². The van der Waals surface area contributed by atoms with E-state index in [1.54, 1.807) is 0 Å². The zero-order valence-corrected chi connectivity index (χ0v) is 14.6. The van der Waals surface area contributed by atoms with Crippen molar-refractivity contribution in [2.45, 2.75) is 11.0 Å². The van der Waals surface area contributed by atoms with E-state index < -0.39 is 21.9 Å². The fourth-order valence-corrected chi connectivity index (χ4v) is 4.51. The minimum Gasteiger partial charge on any atom is -0.382 e. The van der Waals surface area contributed by atoms with Crippen LogP contribution in [-0.2, 0) is 10.0 Å². The van der Waals surface area contributed by atoms with Gasteiger partial charge in [0, 0.05) is 0 Å². The van der Waals surface area contributed by atoms with Crippen LogP contribution in [0.5, 0.6) is 0 Å². The fraction of sp³-hybridized carbons (Fsp3) is 0.333. The van der Waals surface area contributed by atoms with Crippen molar-refractivity contribution < 1.29 is 22.8 Å². The molecule has 134 valence electrons. The van der Waals surface area contributed by atoms with Crippen LogP contribution >= 0.6 is 0 Å². The summed E-state index contributed by atoms with van der Waals surface area (Å²) in [6, 6.07) is 14.4. The van der Waals surface area contributed by atoms with E-state index >= 15 is 0 Å². The maximum absolute atomic E-state index is 13.0. The number of hydrogen-bond acceptors (Lipinski definition) is 3. The monoisotopic (exact) mass is 365 g/mol. The zero-order valence-electron chi connectivity index (χ0n) is 13.8. The lowest BCUT2D eigenvalue weighted by molar-refractivity contribution is -0.907. The van der Waals surface area contributed by atoms with Crippen molar-refractivity contribution in [2.75, 3.05) is 32.7 Å². The molecule has 1 heterocycles. The molecule has 1 atom stereocenters. The highest BCUT2D eigenvalue weighted by atomic mass is 32.2. The van der Waals surface area contributed by atoms with E-state index in [-0.39, 0.29) is 4.90 Å². The number of sulfonamides is 1. The predicted octanol–water partition coefficient (Wildman–Crippen LogP) is 0.449. The number of rotatable bonds is 5. The highest BCUT2D eigenvalue weighted by Crippen LogP contribution is 2.16. The first-order chi connectivity index (χ1) is 12.0. The molecular weight excluding hydrogens is 343 g/mol. The Morgan fingerprint density at radius 2 is 1.64 bits per heavy atom. The van der Waals surface area contributed by atoms with Gasteiger partial charge in [0.25, 0.3) is 0 Å². The number of nitrogens with zero attached hydrogens (tertiary/aromatic N) is 1. The van der Waals surface area contributed by atoms with Gasteiger partial charge in [-0.05, 0) is 29.8 Å². The standard InChI is InChI=1S/C18H21FN2O3S/c19-16-6-8-17(9-7-16)25(23,24)21-12-10-20(11-13-21)14-18(22)15-4-2-1-3-5-15/h1-9,18,22H,10-14H2/p+1/t18-/m1/s1. The SMILES string of the molecule is O=S(=O)(c1ccc(F)cc1)N1CC[NH+](C[C@@H](O)c2ccccc2)CC1. The molecule has 0 bridgehead atoms. The number of quaternary nitrogens is 1. The summed E-state index contributed by atoms with van der Waals surface area (Å²) in [6.45, 7) is 2.58. The Morgan fingerprint density at radius 3 is 2.24 bits per heavy atom. The molecule has 0 unspecified atom stereocenters. The second-order valence-electron chi connectivity index (χ2n) is 6.24. The van der Waals surface area contributed by atoms with Crippen molar-refractivity contribution >= 4 is 10.0 Å². The molecule has 1 aliphatic rings. The number of aliphatic hydroxyl groups is 1. The first-order valence-corrected chi connectivity index (χ1v) is 9.73. The first kappa shape index (κ1) is 18.0. The largest absolute Gasteiger partial charge is 0.382 e. The lowest BCUT2D eigenvalue weighted by atomic mass is 10.1. The van der Waals surface area contributed by atoms with E-state index in [2.05, 4.69) is 0 Å². The Morgan fingerprint density at radius 1 is 1.04 bits per heavy atom. The van der Waals surface area contributed by atoms with Gasteiger partial charge in [-0.1, -0.05) is 30.3 Å². The van der Waals surface area contributed by atoms with Crippen molar-refractivity contribution in [3.05, 3.63) is 66.0 Å². The van der Waals surface area contributed by atoms with Crippen LogP contribution in [0.3, 0.4) is 0 Å². The number of hydrogen-bond donors (Lipinski definition) is 2. The van der Waals surface area contributed by atoms with E-state index in [0.717, 1.165) is 17.7 Å². The molecule has 0 amide bonds. The highest BCUT2D eigenvalue weighted by Gasteiger charge is 2.31. The molecule has 1 saturated heterocycles. The van der Waals surface area contributed by atoms with Gasteiger partial charge < -0.3 is 10.0 Å². The van der Waals surface area contributed by atoms with Gasteiger partial charge in [0.05, 0.1) is 31.1 Å². The molecule has 25 heavy (non-hydrogen) atoms. The molecule has 0 aliphatic carbocycles. The molecule has 2 aromatic rings. The van der Waals surface area contributed by atoms with E-state index in [1.807, 2.05) is 30.3 Å². The van der Waals surface area contributed by atoms with Crippen molar-refractivity contribution in [1.29, 1.82) is 0 Å². The fourth-order valence-electron chi connectivity index (χ4n) is 3.07. The van der Waals surface area contributed by atoms with Gasteiger partial charge in [-0.15, -0.1) is 0 Å². The van der Waals surface area contributed by atoms with Gasteiger partial charge in [-0.3, -0.25) is 0 Å². The van der Waals surface area contributed by atoms with E-state index in [4.69, 9.17) is 0 Å². The third kappa shape index (κ3) is 4.24. The maximum Gasteiger partial charge on any atom is 0.243 e. The summed E-state index contributed by atoms with van der Waals surface area (Å²) in [5.41, 5.74) is 0.872. The molecule has 1 aliphatic heterocycles. The number of piperazine rings is 1. The maximum atomic E-state index is 13.0. The minimum absolute atomic E-state index is 0.113. The van der Waals surface area contributed by atoms with Gasteiger partial charge in [0.15, 0.2) is 0 Å². The van der Waals surface area contributed by atoms with Crippen LogP contribution in [0.1, 0.15) is 11.7 Å². The lowest BCUT2D eigenvalue weighted by Gasteiger charge is -2.32. The Bertz CT molecular complexity index is 789. The predicted molar refractivity (Wildman–Crippen MR) is 92.1 cm³/mol. The smallest absolute Gasteiger partial charge is 0.243 e. The Hall–Kier alpha value is -1.80. The number of halogens is 1. The second-order valence-corrected chi connectivity index (χ2v) is 8.18. The Balaban J connectivity index is 1.59. The van der Waals surface area contributed by atoms with Crippen LogP contribution in [0.25, 0.3) is 0 Å². The summed E-state index contributed by atoms with van der Waals surface area (Å²) in [5, 5.41) is 10.3. The van der Waals surface area contributed by atoms with E-state index in [9.17, 15) is 17.9 Å². The molecule has 2 aromatic carbocycles. The molecule has 0 radical (unpaired) electrons. The van der Waals surface area contributed by atoms with Crippen molar-refractivity contribution in [1.82, 2.24) is 4.31 Å². The Labute approximate surface area is 147 Å². The molecule has 1 fully saturated rings. The third-order valence-electron chi connectivity index (χ3n) is 4.55. The van der Waals surface area contributed by atoms with Gasteiger partial charge in [-0.25, -0.2) is 12.8 Å². The van der Waals surface area contributed by atoms with Gasteiger partial charge in [0.2, 0.25) is 10.0 Å². The summed E-state index contributed by atoms with van der Waals surface area (Å²) in [7, 11) is -3.59. The summed E-state index contributed by atoms with van der Waals surface area (Å²) >= 11 is 0. The molecule has 0 saturated carbocycles. The number of nitrogens with one attached hydrogen (secondary N) is 1. The van der Waals surface area contributed by atoms with Crippen LogP contribution in [0.2, 0.25) is 0 Å². The molecule has 0 spiro atoms. The van der Waals surface area contributed by atoms with Crippen molar-refractivity contribution in [2.24, 2.45) is 0 Å². The quantitative estimate of drug-likeness (QED) is 0.809. The summed E-state index contributed by atoms with van der Waals surface area (Å²) in [5.74, 6) is -0.455. The number of benzene rings is 2. The molecule has 3 rings (SSSR count). The Kier molecular flexibility index (Phi) is 5.48. The van der Waals surface area contributed by atoms with Gasteiger partial charge >= 0.3 is 0 Å². The topological polar surface area (TPSA) is 62.0 Å². The van der Waals surface area contributed by atoms with Crippen LogP contribution in [-0.4, -0.2) is 50.6 Å². The van der Waals surface area contributed by atoms with E-state index in [1.165, 1.54) is 21.3 Å². The van der Waals surface area contributed by atoms with Crippen LogP contribution < -0.4 is 4.90 Å². The normalized spacial score (nSPS) is 18.2. The first-order valence-electron chi connectivity index (χ1n) is 8.29. The summed E-state index contributed by atoms with van der Waals surface area (Å²) in [6.07, 6.45) is -0.559. The molecule has 7 heteroatoms. The lowest BCUT2D eigenvalue weighted by Crippen LogP contribution is -3.15. The van der Waals surface area contributed by atoms with Crippen LogP contribution in [0, 0.1) is 5.82 Å². The minimum atomic E-state index is -3.59. The molecule has 5 nitrogen and oxygen atoms in total. The average Bonchev–Trinajstić information content (AvgIpc) is 2.63. The second kappa shape index (κ2) is 7.61. The van der Waals surface area contributed by atoms with Crippen molar-refractivity contribution in [3.8, 4) is 0 Å². The molecular formula is C18H22FN2O3S+. The van der Waals surface area contributed by atoms with E-state index in [0.29, 0.717) is 32.7 Å². The zero-order chi connectivity index (χ0) is 17.9. The summed E-state index contributed by atoms with van der Waals surface area (Å²) in [4.78, 5) is 1.28. The average molecular weight is 365 g/mol. The highest BCUT2D eigenvalue weighted by molar-refractivity contribution is 7.89.